The summed E-state index contributed by atoms with van der Waals surface area (Å²) < 4.78 is 39.9. The van der Waals surface area contributed by atoms with Crippen molar-refractivity contribution in [3.05, 3.63) is 40.8 Å². The minimum absolute atomic E-state index is 0.00582. The SMILES string of the molecule is Cc1nn(C)c(C)c1CC(C)NC(=O)C1CCN(c2ccc(C(F)(F)F)cn2)CC1. The first-order valence-electron chi connectivity index (χ1n) is 10.1. The Bertz CT molecular complexity index is 883. The Labute approximate surface area is 174 Å². The lowest BCUT2D eigenvalue weighted by atomic mass is 9.95. The van der Waals surface area contributed by atoms with Crippen molar-refractivity contribution in [2.75, 3.05) is 18.0 Å². The first-order chi connectivity index (χ1) is 14.1. The predicted octanol–water partition coefficient (Wildman–Crippen LogP) is 3.41. The van der Waals surface area contributed by atoms with E-state index in [4.69, 9.17) is 0 Å². The maximum atomic E-state index is 12.7. The van der Waals surface area contributed by atoms with E-state index in [2.05, 4.69) is 15.4 Å². The quantitative estimate of drug-likeness (QED) is 0.801. The molecule has 1 N–H and O–H groups in total. The Kier molecular flexibility index (Phi) is 6.38. The highest BCUT2D eigenvalue weighted by Gasteiger charge is 2.31. The number of piperidine rings is 1. The van der Waals surface area contributed by atoms with Crippen LogP contribution >= 0.6 is 0 Å². The molecule has 3 rings (SSSR count). The van der Waals surface area contributed by atoms with Crippen LogP contribution in [0.15, 0.2) is 18.3 Å². The third-order valence-corrected chi connectivity index (χ3v) is 5.82. The molecular formula is C21H28F3N5O. The third kappa shape index (κ3) is 4.94. The normalized spacial score (nSPS) is 16.6. The summed E-state index contributed by atoms with van der Waals surface area (Å²) in [6.07, 6.45) is -1.51. The van der Waals surface area contributed by atoms with Crippen LogP contribution in [-0.2, 0) is 24.4 Å². The van der Waals surface area contributed by atoms with E-state index >= 15 is 0 Å². The van der Waals surface area contributed by atoms with Crippen molar-refractivity contribution in [2.24, 2.45) is 13.0 Å². The Morgan fingerprint density at radius 3 is 2.43 bits per heavy atom. The molecule has 1 saturated heterocycles. The van der Waals surface area contributed by atoms with Gasteiger partial charge in [0.15, 0.2) is 0 Å². The van der Waals surface area contributed by atoms with E-state index in [0.717, 1.165) is 35.6 Å². The summed E-state index contributed by atoms with van der Waals surface area (Å²) >= 11 is 0. The van der Waals surface area contributed by atoms with E-state index in [1.165, 1.54) is 6.07 Å². The molecule has 0 aromatic carbocycles. The summed E-state index contributed by atoms with van der Waals surface area (Å²) in [4.78, 5) is 18.6. The van der Waals surface area contributed by atoms with E-state index in [-0.39, 0.29) is 17.9 Å². The summed E-state index contributed by atoms with van der Waals surface area (Å²) in [6, 6.07) is 2.43. The van der Waals surface area contributed by atoms with Gasteiger partial charge in [-0.1, -0.05) is 0 Å². The maximum absolute atomic E-state index is 12.7. The van der Waals surface area contributed by atoms with Crippen molar-refractivity contribution in [3.63, 3.8) is 0 Å². The minimum Gasteiger partial charge on any atom is -0.357 e. The summed E-state index contributed by atoms with van der Waals surface area (Å²) in [5, 5.41) is 7.52. The Hall–Kier alpha value is -2.58. The van der Waals surface area contributed by atoms with Crippen molar-refractivity contribution in [1.29, 1.82) is 0 Å². The Balaban J connectivity index is 1.51. The van der Waals surface area contributed by atoms with E-state index in [1.54, 1.807) is 0 Å². The van der Waals surface area contributed by atoms with Crippen LogP contribution in [0, 0.1) is 19.8 Å². The number of carbonyl (C=O) groups is 1. The third-order valence-electron chi connectivity index (χ3n) is 5.82. The number of amides is 1. The number of nitrogens with one attached hydrogen (secondary N) is 1. The van der Waals surface area contributed by atoms with Gasteiger partial charge in [0.05, 0.1) is 11.3 Å². The van der Waals surface area contributed by atoms with Gasteiger partial charge >= 0.3 is 6.18 Å². The van der Waals surface area contributed by atoms with E-state index in [0.29, 0.717) is 31.7 Å². The van der Waals surface area contributed by atoms with Crippen LogP contribution in [0.5, 0.6) is 0 Å². The van der Waals surface area contributed by atoms with Crippen LogP contribution in [-0.4, -0.2) is 39.8 Å². The average molecular weight is 423 g/mol. The van der Waals surface area contributed by atoms with Crippen molar-refractivity contribution in [2.45, 2.75) is 52.3 Å². The van der Waals surface area contributed by atoms with Gasteiger partial charge in [0.25, 0.3) is 0 Å². The number of alkyl halides is 3. The summed E-state index contributed by atoms with van der Waals surface area (Å²) in [5.41, 5.74) is 2.49. The topological polar surface area (TPSA) is 63.1 Å². The van der Waals surface area contributed by atoms with Crippen molar-refractivity contribution in [1.82, 2.24) is 20.1 Å². The molecule has 0 aliphatic carbocycles. The monoisotopic (exact) mass is 423 g/mol. The number of aryl methyl sites for hydroxylation is 2. The zero-order chi connectivity index (χ0) is 22.1. The molecular weight excluding hydrogens is 395 g/mol. The molecule has 9 heteroatoms. The molecule has 164 valence electrons. The fourth-order valence-electron chi connectivity index (χ4n) is 3.94. The Morgan fingerprint density at radius 1 is 1.27 bits per heavy atom. The van der Waals surface area contributed by atoms with Crippen LogP contribution in [0.4, 0.5) is 19.0 Å². The van der Waals surface area contributed by atoms with Crippen LogP contribution in [0.25, 0.3) is 0 Å². The molecule has 0 radical (unpaired) electrons. The molecule has 6 nitrogen and oxygen atoms in total. The molecule has 1 fully saturated rings. The number of anilines is 1. The second-order valence-electron chi connectivity index (χ2n) is 8.05. The molecule has 2 aromatic rings. The zero-order valence-corrected chi connectivity index (χ0v) is 17.8. The van der Waals surface area contributed by atoms with Crippen LogP contribution in [0.3, 0.4) is 0 Å². The largest absolute Gasteiger partial charge is 0.417 e. The van der Waals surface area contributed by atoms with Crippen LogP contribution < -0.4 is 10.2 Å². The minimum atomic E-state index is -4.39. The standard InChI is InChI=1S/C21H28F3N5O/c1-13(11-18-14(2)27-28(4)15(18)3)26-20(30)16-7-9-29(10-8-16)19-6-5-17(12-25-19)21(22,23)24/h5-6,12-13,16H,7-11H2,1-4H3,(H,26,30). The van der Waals surface area contributed by atoms with Gasteiger partial charge in [-0.3, -0.25) is 9.48 Å². The lowest BCUT2D eigenvalue weighted by Gasteiger charge is -2.32. The molecule has 3 heterocycles. The molecule has 1 aliphatic heterocycles. The van der Waals surface area contributed by atoms with Gasteiger partial charge in [-0.05, 0) is 57.7 Å². The molecule has 0 spiro atoms. The molecule has 1 atom stereocenters. The van der Waals surface area contributed by atoms with E-state index in [9.17, 15) is 18.0 Å². The number of nitrogens with zero attached hydrogens (tertiary/aromatic N) is 4. The number of rotatable bonds is 5. The maximum Gasteiger partial charge on any atom is 0.417 e. The van der Waals surface area contributed by atoms with Crippen LogP contribution in [0.1, 0.15) is 42.3 Å². The predicted molar refractivity (Wildman–Crippen MR) is 108 cm³/mol. The first-order valence-corrected chi connectivity index (χ1v) is 10.1. The van der Waals surface area contributed by atoms with E-state index < -0.39 is 11.7 Å². The molecule has 30 heavy (non-hydrogen) atoms. The second-order valence-corrected chi connectivity index (χ2v) is 8.05. The van der Waals surface area contributed by atoms with Gasteiger partial charge in [-0.25, -0.2) is 4.98 Å². The molecule has 0 saturated carbocycles. The van der Waals surface area contributed by atoms with Gasteiger partial charge in [0.1, 0.15) is 5.82 Å². The van der Waals surface area contributed by atoms with Gasteiger partial charge < -0.3 is 10.2 Å². The van der Waals surface area contributed by atoms with E-state index in [1.807, 2.05) is 37.4 Å². The molecule has 0 bridgehead atoms. The smallest absolute Gasteiger partial charge is 0.357 e. The number of pyridine rings is 1. The average Bonchev–Trinajstić information content (AvgIpc) is 2.93. The molecule has 1 aliphatic rings. The van der Waals surface area contributed by atoms with Crippen LogP contribution in [0.2, 0.25) is 0 Å². The van der Waals surface area contributed by atoms with Crippen molar-refractivity contribution >= 4 is 11.7 Å². The lowest BCUT2D eigenvalue weighted by molar-refractivity contribution is -0.137. The van der Waals surface area contributed by atoms with Gasteiger partial charge in [-0.2, -0.15) is 18.3 Å². The van der Waals surface area contributed by atoms with Gasteiger partial charge in [0, 0.05) is 44.0 Å². The highest BCUT2D eigenvalue weighted by molar-refractivity contribution is 5.79. The highest BCUT2D eigenvalue weighted by atomic mass is 19.4. The van der Waals surface area contributed by atoms with Gasteiger partial charge in [0.2, 0.25) is 5.91 Å². The number of carbonyl (C=O) groups excluding carboxylic acids is 1. The number of aromatic nitrogens is 3. The number of hydrogen-bond acceptors (Lipinski definition) is 4. The second kappa shape index (κ2) is 8.65. The molecule has 2 aromatic heterocycles. The molecule has 1 unspecified atom stereocenters. The molecule has 1 amide bonds. The van der Waals surface area contributed by atoms with Crippen molar-refractivity contribution < 1.29 is 18.0 Å². The fraction of sp³-hybridized carbons (Fsp3) is 0.571. The summed E-state index contributed by atoms with van der Waals surface area (Å²) in [7, 11) is 1.91. The first kappa shape index (κ1) is 22.1. The summed E-state index contributed by atoms with van der Waals surface area (Å²) in [6.45, 7) is 7.17. The van der Waals surface area contributed by atoms with Gasteiger partial charge in [-0.15, -0.1) is 0 Å². The zero-order valence-electron chi connectivity index (χ0n) is 17.8. The highest BCUT2D eigenvalue weighted by Crippen LogP contribution is 2.30. The summed E-state index contributed by atoms with van der Waals surface area (Å²) in [5.74, 6) is 0.439. The lowest BCUT2D eigenvalue weighted by Crippen LogP contribution is -2.44. The Morgan fingerprint density at radius 2 is 1.93 bits per heavy atom. The number of halogens is 3. The number of hydrogen-bond donors (Lipinski definition) is 1. The van der Waals surface area contributed by atoms with Crippen molar-refractivity contribution in [3.8, 4) is 0 Å². The fourth-order valence-corrected chi connectivity index (χ4v) is 3.94.